The fourth-order valence-electron chi connectivity index (χ4n) is 0.821. The number of aromatic nitrogens is 2. The zero-order valence-corrected chi connectivity index (χ0v) is 9.31. The summed E-state index contributed by atoms with van der Waals surface area (Å²) in [5.41, 5.74) is -1.13. The van der Waals surface area contributed by atoms with Crippen LogP contribution in [0.1, 0.15) is 5.69 Å². The van der Waals surface area contributed by atoms with Gasteiger partial charge in [-0.15, -0.1) is 0 Å². The molecule has 4 nitrogen and oxygen atoms in total. The molecule has 0 atom stereocenters. The van der Waals surface area contributed by atoms with E-state index < -0.39 is 17.9 Å². The Balaban J connectivity index is 3.37. The first kappa shape index (κ1) is 12.0. The standard InChI is InChI=1S/C7H6BrF3N2O2/c1-14-5-3(8)4(7(9,10)11)12-6(13-5)15-2/h1-2H3. The van der Waals surface area contributed by atoms with Crippen molar-refractivity contribution in [2.24, 2.45) is 0 Å². The van der Waals surface area contributed by atoms with Crippen LogP contribution in [-0.2, 0) is 6.18 Å². The monoisotopic (exact) mass is 286 g/mol. The molecule has 8 heteroatoms. The maximum absolute atomic E-state index is 12.4. The van der Waals surface area contributed by atoms with Gasteiger partial charge in [0.1, 0.15) is 4.47 Å². The molecule has 0 unspecified atom stereocenters. The van der Waals surface area contributed by atoms with E-state index in [9.17, 15) is 13.2 Å². The fourth-order valence-corrected chi connectivity index (χ4v) is 1.39. The van der Waals surface area contributed by atoms with Gasteiger partial charge < -0.3 is 9.47 Å². The number of rotatable bonds is 2. The van der Waals surface area contributed by atoms with Crippen LogP contribution in [0.2, 0.25) is 0 Å². The van der Waals surface area contributed by atoms with Crippen LogP contribution >= 0.6 is 15.9 Å². The van der Waals surface area contributed by atoms with Crippen LogP contribution in [0, 0.1) is 0 Å². The summed E-state index contributed by atoms with van der Waals surface area (Å²) < 4.78 is 46.2. The van der Waals surface area contributed by atoms with Gasteiger partial charge in [0.15, 0.2) is 5.69 Å². The van der Waals surface area contributed by atoms with E-state index in [0.717, 1.165) is 0 Å². The highest BCUT2D eigenvalue weighted by atomic mass is 79.9. The van der Waals surface area contributed by atoms with E-state index in [2.05, 4.69) is 35.4 Å². The lowest BCUT2D eigenvalue weighted by molar-refractivity contribution is -0.142. The minimum atomic E-state index is -4.59. The van der Waals surface area contributed by atoms with E-state index in [1.165, 1.54) is 14.2 Å². The largest absolute Gasteiger partial charge is 0.480 e. The summed E-state index contributed by atoms with van der Waals surface area (Å²) in [4.78, 5) is 6.77. The summed E-state index contributed by atoms with van der Waals surface area (Å²) in [5, 5.41) is 0. The Morgan fingerprint density at radius 2 is 1.73 bits per heavy atom. The molecular weight excluding hydrogens is 281 g/mol. The first-order valence-electron chi connectivity index (χ1n) is 3.63. The number of hydrogen-bond donors (Lipinski definition) is 0. The normalized spacial score (nSPS) is 11.3. The van der Waals surface area contributed by atoms with Gasteiger partial charge in [0.05, 0.1) is 14.2 Å². The third-order valence-electron chi connectivity index (χ3n) is 1.44. The Bertz CT molecular complexity index is 370. The van der Waals surface area contributed by atoms with Crippen LogP contribution in [0.4, 0.5) is 13.2 Å². The number of nitrogens with zero attached hydrogens (tertiary/aromatic N) is 2. The zero-order chi connectivity index (χ0) is 11.6. The number of halogens is 4. The molecule has 1 aromatic rings. The van der Waals surface area contributed by atoms with Crippen molar-refractivity contribution >= 4 is 15.9 Å². The molecule has 0 aliphatic rings. The summed E-state index contributed by atoms with van der Waals surface area (Å²) in [5.74, 6) is -0.228. The third-order valence-corrected chi connectivity index (χ3v) is 2.16. The van der Waals surface area contributed by atoms with Crippen molar-refractivity contribution in [3.63, 3.8) is 0 Å². The molecule has 1 heterocycles. The first-order chi connectivity index (χ1) is 6.90. The smallest absolute Gasteiger partial charge is 0.434 e. The lowest BCUT2D eigenvalue weighted by Gasteiger charge is -2.11. The van der Waals surface area contributed by atoms with Gasteiger partial charge in [-0.3, -0.25) is 0 Å². The van der Waals surface area contributed by atoms with Crippen molar-refractivity contribution in [1.29, 1.82) is 0 Å². The van der Waals surface area contributed by atoms with E-state index >= 15 is 0 Å². The van der Waals surface area contributed by atoms with Gasteiger partial charge in [-0.1, -0.05) is 0 Å². The van der Waals surface area contributed by atoms with E-state index in [-0.39, 0.29) is 10.4 Å². The summed E-state index contributed by atoms with van der Waals surface area (Å²) in [6.45, 7) is 0. The molecule has 0 bridgehead atoms. The zero-order valence-electron chi connectivity index (χ0n) is 7.72. The molecule has 0 N–H and O–H groups in total. The SMILES string of the molecule is COc1nc(OC)c(Br)c(C(F)(F)F)n1. The molecule has 15 heavy (non-hydrogen) atoms. The van der Waals surface area contributed by atoms with Crippen molar-refractivity contribution in [3.8, 4) is 11.9 Å². The van der Waals surface area contributed by atoms with Gasteiger partial charge >= 0.3 is 12.2 Å². The summed E-state index contributed by atoms with van der Waals surface area (Å²) in [6.07, 6.45) is -4.59. The lowest BCUT2D eigenvalue weighted by Crippen LogP contribution is -2.12. The van der Waals surface area contributed by atoms with Crippen LogP contribution in [0.3, 0.4) is 0 Å². The highest BCUT2D eigenvalue weighted by molar-refractivity contribution is 9.10. The average molecular weight is 287 g/mol. The molecule has 0 spiro atoms. The van der Waals surface area contributed by atoms with Gasteiger partial charge in [0, 0.05) is 0 Å². The third kappa shape index (κ3) is 2.49. The van der Waals surface area contributed by atoms with Gasteiger partial charge in [0.2, 0.25) is 5.88 Å². The average Bonchev–Trinajstić information content (AvgIpc) is 2.16. The molecular formula is C7H6BrF3N2O2. The molecule has 0 saturated carbocycles. The van der Waals surface area contributed by atoms with E-state index in [1.807, 2.05) is 0 Å². The van der Waals surface area contributed by atoms with E-state index in [0.29, 0.717) is 0 Å². The minimum Gasteiger partial charge on any atom is -0.480 e. The Labute approximate surface area is 91.6 Å². The van der Waals surface area contributed by atoms with Crippen molar-refractivity contribution < 1.29 is 22.6 Å². The molecule has 0 amide bonds. The quantitative estimate of drug-likeness (QED) is 0.837. The van der Waals surface area contributed by atoms with Crippen LogP contribution in [0.15, 0.2) is 4.47 Å². The Kier molecular flexibility index (Phi) is 3.38. The first-order valence-corrected chi connectivity index (χ1v) is 4.42. The predicted octanol–water partition coefficient (Wildman–Crippen LogP) is 2.28. The second-order valence-electron chi connectivity index (χ2n) is 2.38. The van der Waals surface area contributed by atoms with E-state index in [4.69, 9.17) is 0 Å². The van der Waals surface area contributed by atoms with Crippen LogP contribution in [0.25, 0.3) is 0 Å². The molecule has 0 aliphatic heterocycles. The van der Waals surface area contributed by atoms with Crippen molar-refractivity contribution in [2.75, 3.05) is 14.2 Å². The maximum Gasteiger partial charge on any atom is 0.434 e. The number of ether oxygens (including phenoxy) is 2. The summed E-state index contributed by atoms with van der Waals surface area (Å²) in [7, 11) is 2.37. The summed E-state index contributed by atoms with van der Waals surface area (Å²) >= 11 is 2.72. The molecule has 0 saturated heterocycles. The molecule has 0 aromatic carbocycles. The van der Waals surface area contributed by atoms with E-state index in [1.54, 1.807) is 0 Å². The van der Waals surface area contributed by atoms with Gasteiger partial charge in [-0.2, -0.15) is 23.1 Å². The Morgan fingerprint density at radius 1 is 1.13 bits per heavy atom. The molecule has 0 radical (unpaired) electrons. The molecule has 1 aromatic heterocycles. The van der Waals surface area contributed by atoms with Crippen molar-refractivity contribution in [2.45, 2.75) is 6.18 Å². The number of hydrogen-bond acceptors (Lipinski definition) is 4. The Hall–Kier alpha value is -1.05. The van der Waals surface area contributed by atoms with Gasteiger partial charge in [-0.05, 0) is 15.9 Å². The van der Waals surface area contributed by atoms with Crippen molar-refractivity contribution in [1.82, 2.24) is 9.97 Å². The van der Waals surface area contributed by atoms with Crippen molar-refractivity contribution in [3.05, 3.63) is 10.2 Å². The molecule has 84 valence electrons. The van der Waals surface area contributed by atoms with Crippen LogP contribution in [0.5, 0.6) is 11.9 Å². The second-order valence-corrected chi connectivity index (χ2v) is 3.17. The Morgan fingerprint density at radius 3 is 2.13 bits per heavy atom. The number of methoxy groups -OCH3 is 2. The molecule has 1 rings (SSSR count). The minimum absolute atomic E-state index is 0.228. The highest BCUT2D eigenvalue weighted by Crippen LogP contribution is 2.38. The number of alkyl halides is 3. The fraction of sp³-hybridized carbons (Fsp3) is 0.429. The summed E-state index contributed by atoms with van der Waals surface area (Å²) in [6, 6.07) is -0.401. The van der Waals surface area contributed by atoms with Crippen LogP contribution < -0.4 is 9.47 Å². The molecule has 0 fully saturated rings. The molecule has 0 aliphatic carbocycles. The highest BCUT2D eigenvalue weighted by Gasteiger charge is 2.37. The van der Waals surface area contributed by atoms with Gasteiger partial charge in [-0.25, -0.2) is 0 Å². The predicted molar refractivity (Wildman–Crippen MR) is 47.8 cm³/mol. The maximum atomic E-state index is 12.4. The topological polar surface area (TPSA) is 44.2 Å². The lowest BCUT2D eigenvalue weighted by atomic mass is 10.4. The second kappa shape index (κ2) is 4.21. The van der Waals surface area contributed by atoms with Crippen LogP contribution in [-0.4, -0.2) is 24.2 Å². The van der Waals surface area contributed by atoms with Gasteiger partial charge in [0.25, 0.3) is 0 Å².